The van der Waals surface area contributed by atoms with Crippen LogP contribution in [0.25, 0.3) is 0 Å². The predicted octanol–water partition coefficient (Wildman–Crippen LogP) is 1.84. The second kappa shape index (κ2) is 9.01. The van der Waals surface area contributed by atoms with Gasteiger partial charge in [0.05, 0.1) is 19.5 Å². The minimum absolute atomic E-state index is 0.0872. The Kier molecular flexibility index (Phi) is 6.47. The zero-order valence-electron chi connectivity index (χ0n) is 16.1. The number of ether oxygens (including phenoxy) is 1. The van der Waals surface area contributed by atoms with Crippen molar-refractivity contribution in [2.45, 2.75) is 32.5 Å². The van der Waals surface area contributed by atoms with E-state index in [9.17, 15) is 4.79 Å². The first-order chi connectivity index (χ1) is 13.0. The van der Waals surface area contributed by atoms with Crippen molar-refractivity contribution in [2.75, 3.05) is 32.8 Å². The van der Waals surface area contributed by atoms with E-state index in [0.29, 0.717) is 13.1 Å². The summed E-state index contributed by atoms with van der Waals surface area (Å²) >= 11 is 0. The largest absolute Gasteiger partial charge is 0.379 e. The van der Waals surface area contributed by atoms with Crippen LogP contribution in [0.1, 0.15) is 25.0 Å². The van der Waals surface area contributed by atoms with E-state index in [1.54, 1.807) is 12.5 Å². The second-order valence-electron chi connectivity index (χ2n) is 7.50. The average Bonchev–Trinajstić information content (AvgIpc) is 3.20. The maximum atomic E-state index is 12.1. The van der Waals surface area contributed by atoms with E-state index in [-0.39, 0.29) is 11.6 Å². The molecule has 0 spiro atoms. The molecule has 1 aliphatic heterocycles. The van der Waals surface area contributed by atoms with Crippen LogP contribution < -0.4 is 10.6 Å². The van der Waals surface area contributed by atoms with Crippen LogP contribution in [0, 0.1) is 0 Å². The molecular weight excluding hydrogens is 342 g/mol. The van der Waals surface area contributed by atoms with Crippen LogP contribution in [0.15, 0.2) is 43.0 Å². The van der Waals surface area contributed by atoms with Gasteiger partial charge in [-0.1, -0.05) is 24.3 Å². The second-order valence-corrected chi connectivity index (χ2v) is 7.50. The molecule has 146 valence electrons. The molecule has 0 atom stereocenters. The number of carbonyl (C=O) groups excluding carboxylic acids is 1. The third-order valence-electron chi connectivity index (χ3n) is 4.95. The van der Waals surface area contributed by atoms with Crippen LogP contribution >= 0.6 is 0 Å². The molecule has 0 unspecified atom stereocenters. The molecule has 7 nitrogen and oxygen atoms in total. The van der Waals surface area contributed by atoms with Gasteiger partial charge in [-0.05, 0) is 25.0 Å². The average molecular weight is 371 g/mol. The molecule has 0 aliphatic carbocycles. The maximum Gasteiger partial charge on any atom is 0.315 e. The summed E-state index contributed by atoms with van der Waals surface area (Å²) in [6, 6.07) is 8.11. The van der Waals surface area contributed by atoms with Gasteiger partial charge < -0.3 is 19.9 Å². The number of hydrogen-bond donors (Lipinski definition) is 2. The lowest BCUT2D eigenvalue weighted by Gasteiger charge is -2.40. The third-order valence-corrected chi connectivity index (χ3v) is 4.95. The quantitative estimate of drug-likeness (QED) is 0.779. The highest BCUT2D eigenvalue weighted by Gasteiger charge is 2.28. The van der Waals surface area contributed by atoms with Gasteiger partial charge in [0.1, 0.15) is 0 Å². The summed E-state index contributed by atoms with van der Waals surface area (Å²) in [7, 11) is 0. The van der Waals surface area contributed by atoms with Gasteiger partial charge in [-0.25, -0.2) is 9.78 Å². The van der Waals surface area contributed by atoms with Crippen LogP contribution in [0.3, 0.4) is 0 Å². The van der Waals surface area contributed by atoms with E-state index in [4.69, 9.17) is 4.74 Å². The van der Waals surface area contributed by atoms with Crippen molar-refractivity contribution in [3.63, 3.8) is 0 Å². The molecule has 1 aromatic heterocycles. The highest BCUT2D eigenvalue weighted by atomic mass is 16.5. The third kappa shape index (κ3) is 5.80. The van der Waals surface area contributed by atoms with E-state index in [2.05, 4.69) is 46.5 Å². The molecule has 27 heavy (non-hydrogen) atoms. The van der Waals surface area contributed by atoms with E-state index in [1.807, 2.05) is 22.9 Å². The summed E-state index contributed by atoms with van der Waals surface area (Å²) < 4.78 is 7.42. The van der Waals surface area contributed by atoms with E-state index in [1.165, 1.54) is 5.56 Å². The first-order valence-corrected chi connectivity index (χ1v) is 9.41. The maximum absolute atomic E-state index is 12.1. The van der Waals surface area contributed by atoms with Gasteiger partial charge >= 0.3 is 6.03 Å². The molecule has 3 rings (SSSR count). The van der Waals surface area contributed by atoms with Crippen molar-refractivity contribution in [1.29, 1.82) is 0 Å². The van der Waals surface area contributed by atoms with Crippen LogP contribution in [-0.4, -0.2) is 58.9 Å². The van der Waals surface area contributed by atoms with Gasteiger partial charge in [-0.15, -0.1) is 0 Å². The molecule has 0 radical (unpaired) electrons. The Bertz CT molecular complexity index is 706. The predicted molar refractivity (Wildman–Crippen MR) is 104 cm³/mol. The molecule has 7 heteroatoms. The normalized spacial score (nSPS) is 15.5. The number of benzene rings is 1. The van der Waals surface area contributed by atoms with Crippen LogP contribution in [0.2, 0.25) is 0 Å². The zero-order chi connectivity index (χ0) is 19.1. The molecule has 1 saturated heterocycles. The fourth-order valence-electron chi connectivity index (χ4n) is 3.18. The number of nitrogens with zero attached hydrogens (tertiary/aromatic N) is 3. The Hall–Kier alpha value is -2.38. The lowest BCUT2D eigenvalue weighted by atomic mass is 10.0. The van der Waals surface area contributed by atoms with Crippen molar-refractivity contribution in [3.05, 3.63) is 54.1 Å². The summed E-state index contributed by atoms with van der Waals surface area (Å²) in [5.74, 6) is 0. The van der Waals surface area contributed by atoms with Gasteiger partial charge in [0, 0.05) is 50.7 Å². The van der Waals surface area contributed by atoms with Crippen molar-refractivity contribution >= 4 is 6.03 Å². The van der Waals surface area contributed by atoms with Gasteiger partial charge in [-0.2, -0.15) is 0 Å². The van der Waals surface area contributed by atoms with Gasteiger partial charge in [-0.3, -0.25) is 4.90 Å². The molecular formula is C20H29N5O2. The lowest BCUT2D eigenvalue weighted by Crippen LogP contribution is -2.56. The number of amides is 2. The molecule has 0 saturated carbocycles. The van der Waals surface area contributed by atoms with Crippen molar-refractivity contribution in [3.8, 4) is 0 Å². The molecule has 2 aromatic rings. The summed E-state index contributed by atoms with van der Waals surface area (Å²) in [4.78, 5) is 18.6. The molecule has 1 aromatic carbocycles. The first-order valence-electron chi connectivity index (χ1n) is 9.41. The molecule has 0 bridgehead atoms. The number of hydrogen-bond acceptors (Lipinski definition) is 4. The zero-order valence-corrected chi connectivity index (χ0v) is 16.1. The minimum Gasteiger partial charge on any atom is -0.379 e. The lowest BCUT2D eigenvalue weighted by molar-refractivity contribution is -0.00874. The monoisotopic (exact) mass is 371 g/mol. The van der Waals surface area contributed by atoms with E-state index >= 15 is 0 Å². The first kappa shape index (κ1) is 19.4. The van der Waals surface area contributed by atoms with E-state index < -0.39 is 0 Å². The smallest absolute Gasteiger partial charge is 0.315 e. The molecule has 2 amide bonds. The SMILES string of the molecule is CC(C)(CNC(=O)NCc1ccc(Cn2ccnc2)cc1)N1CCOCC1. The topological polar surface area (TPSA) is 71.4 Å². The molecule has 1 fully saturated rings. The highest BCUT2D eigenvalue weighted by molar-refractivity contribution is 5.73. The van der Waals surface area contributed by atoms with Crippen molar-refractivity contribution in [1.82, 2.24) is 25.1 Å². The Balaban J connectivity index is 1.40. The molecule has 1 aliphatic rings. The fraction of sp³-hybridized carbons (Fsp3) is 0.500. The van der Waals surface area contributed by atoms with Crippen LogP contribution in [-0.2, 0) is 17.8 Å². The number of rotatable bonds is 7. The Morgan fingerprint density at radius 1 is 1.15 bits per heavy atom. The number of carbonyl (C=O) groups is 1. The van der Waals surface area contributed by atoms with Crippen LogP contribution in [0.4, 0.5) is 4.79 Å². The van der Waals surface area contributed by atoms with Crippen molar-refractivity contribution in [2.24, 2.45) is 0 Å². The number of aromatic nitrogens is 2. The number of nitrogens with one attached hydrogen (secondary N) is 2. The van der Waals surface area contributed by atoms with Gasteiger partial charge in [0.15, 0.2) is 0 Å². The Morgan fingerprint density at radius 3 is 2.52 bits per heavy atom. The minimum atomic E-state index is -0.140. The van der Waals surface area contributed by atoms with Crippen molar-refractivity contribution < 1.29 is 9.53 Å². The molecule has 2 N–H and O–H groups in total. The standard InChI is InChI=1S/C20H29N5O2/c1-20(2,25-9-11-27-12-10-25)15-23-19(26)22-13-17-3-5-18(6-4-17)14-24-8-7-21-16-24/h3-8,16H,9-15H2,1-2H3,(H2,22,23,26). The summed E-state index contributed by atoms with van der Waals surface area (Å²) in [5.41, 5.74) is 2.19. The number of morpholine rings is 1. The summed E-state index contributed by atoms with van der Waals surface area (Å²) in [6.45, 7) is 9.53. The van der Waals surface area contributed by atoms with E-state index in [0.717, 1.165) is 38.4 Å². The van der Waals surface area contributed by atoms with Gasteiger partial charge in [0.25, 0.3) is 0 Å². The van der Waals surface area contributed by atoms with Crippen LogP contribution in [0.5, 0.6) is 0 Å². The highest BCUT2D eigenvalue weighted by Crippen LogP contribution is 2.15. The Labute approximate surface area is 160 Å². The Morgan fingerprint density at radius 2 is 1.85 bits per heavy atom. The number of urea groups is 1. The fourth-order valence-corrected chi connectivity index (χ4v) is 3.18. The summed E-state index contributed by atoms with van der Waals surface area (Å²) in [6.07, 6.45) is 5.52. The number of imidazole rings is 1. The summed E-state index contributed by atoms with van der Waals surface area (Å²) in [5, 5.41) is 5.92. The van der Waals surface area contributed by atoms with Gasteiger partial charge in [0.2, 0.25) is 0 Å². The molecule has 2 heterocycles.